The molecule has 0 spiro atoms. The van der Waals surface area contributed by atoms with Crippen LogP contribution in [0.4, 0.5) is 4.39 Å². The Hall–Kier alpha value is -3.37. The normalized spacial score (nSPS) is 14.0. The van der Waals surface area contributed by atoms with Crippen LogP contribution in [-0.4, -0.2) is 17.7 Å². The number of carboxylic acid groups (broad SMARTS) is 1. The van der Waals surface area contributed by atoms with Crippen molar-refractivity contribution in [1.82, 2.24) is 0 Å². The summed E-state index contributed by atoms with van der Waals surface area (Å²) in [6.45, 7) is 2.45. The maximum Gasteiger partial charge on any atom is 0.307 e. The number of hydrogen-bond acceptors (Lipinski definition) is 2. The van der Waals surface area contributed by atoms with E-state index >= 15 is 0 Å². The number of ether oxygens (including phenoxy) is 1. The number of fused-ring (bicyclic) bond motifs is 1. The fourth-order valence-electron chi connectivity index (χ4n) is 3.90. The SMILES string of the molecule is CC1=C(CC(=O)O)c2cc(F)ccc2/C1=C\c1ccc(CCOc2ccc(Cl)cc2)cc1. The molecule has 0 saturated carbocycles. The molecule has 1 aliphatic carbocycles. The fraction of sp³-hybridized carbons (Fsp3) is 0.148. The first-order valence-electron chi connectivity index (χ1n) is 10.3. The maximum atomic E-state index is 13.8. The zero-order valence-corrected chi connectivity index (χ0v) is 18.3. The van der Waals surface area contributed by atoms with E-state index < -0.39 is 5.97 Å². The average molecular weight is 449 g/mol. The summed E-state index contributed by atoms with van der Waals surface area (Å²) < 4.78 is 19.6. The smallest absolute Gasteiger partial charge is 0.307 e. The number of carboxylic acids is 1. The largest absolute Gasteiger partial charge is 0.493 e. The molecule has 0 saturated heterocycles. The van der Waals surface area contributed by atoms with Crippen LogP contribution in [0.1, 0.15) is 35.6 Å². The highest BCUT2D eigenvalue weighted by molar-refractivity contribution is 6.30. The molecule has 0 fully saturated rings. The third-order valence-electron chi connectivity index (χ3n) is 5.55. The van der Waals surface area contributed by atoms with Gasteiger partial charge in [-0.3, -0.25) is 4.79 Å². The van der Waals surface area contributed by atoms with Gasteiger partial charge in [0.2, 0.25) is 0 Å². The highest BCUT2D eigenvalue weighted by Gasteiger charge is 2.25. The first-order valence-corrected chi connectivity index (χ1v) is 10.7. The van der Waals surface area contributed by atoms with E-state index in [1.54, 1.807) is 18.2 Å². The summed E-state index contributed by atoms with van der Waals surface area (Å²) in [6, 6.07) is 20.0. The Morgan fingerprint density at radius 3 is 2.44 bits per heavy atom. The van der Waals surface area contributed by atoms with E-state index in [2.05, 4.69) is 12.1 Å². The zero-order chi connectivity index (χ0) is 22.7. The van der Waals surface area contributed by atoms with Crippen molar-refractivity contribution in [3.05, 3.63) is 105 Å². The van der Waals surface area contributed by atoms with E-state index in [-0.39, 0.29) is 12.2 Å². The Morgan fingerprint density at radius 1 is 1.03 bits per heavy atom. The summed E-state index contributed by atoms with van der Waals surface area (Å²) in [5, 5.41) is 9.96. The van der Waals surface area contributed by atoms with Gasteiger partial charge < -0.3 is 9.84 Å². The van der Waals surface area contributed by atoms with Crippen molar-refractivity contribution in [2.24, 2.45) is 0 Å². The number of allylic oxidation sites excluding steroid dienone is 2. The molecule has 162 valence electrons. The number of rotatable bonds is 7. The second kappa shape index (κ2) is 9.41. The Morgan fingerprint density at radius 2 is 1.75 bits per heavy atom. The van der Waals surface area contributed by atoms with Crippen LogP contribution in [0.5, 0.6) is 5.75 Å². The summed E-state index contributed by atoms with van der Waals surface area (Å²) in [4.78, 5) is 11.3. The van der Waals surface area contributed by atoms with E-state index in [0.29, 0.717) is 22.8 Å². The van der Waals surface area contributed by atoms with Crippen LogP contribution < -0.4 is 4.74 Å². The minimum Gasteiger partial charge on any atom is -0.493 e. The maximum absolute atomic E-state index is 13.8. The summed E-state index contributed by atoms with van der Waals surface area (Å²) >= 11 is 5.89. The summed E-state index contributed by atoms with van der Waals surface area (Å²) in [6.07, 6.45) is 2.66. The topological polar surface area (TPSA) is 46.5 Å². The number of carbonyl (C=O) groups is 1. The molecule has 0 aliphatic heterocycles. The van der Waals surface area contributed by atoms with Crippen LogP contribution in [0.3, 0.4) is 0 Å². The van der Waals surface area contributed by atoms with Crippen LogP contribution >= 0.6 is 11.6 Å². The first kappa shape index (κ1) is 21.8. The van der Waals surface area contributed by atoms with Gasteiger partial charge in [-0.1, -0.05) is 41.9 Å². The molecule has 0 heterocycles. The van der Waals surface area contributed by atoms with Crippen molar-refractivity contribution in [3.8, 4) is 5.75 Å². The minimum absolute atomic E-state index is 0.133. The van der Waals surface area contributed by atoms with Gasteiger partial charge in [-0.25, -0.2) is 4.39 Å². The second-order valence-electron chi connectivity index (χ2n) is 7.72. The summed E-state index contributed by atoms with van der Waals surface area (Å²) in [5.74, 6) is -0.515. The van der Waals surface area contributed by atoms with Crippen molar-refractivity contribution in [1.29, 1.82) is 0 Å². The molecule has 3 aromatic rings. The van der Waals surface area contributed by atoms with E-state index in [4.69, 9.17) is 16.3 Å². The minimum atomic E-state index is -0.930. The van der Waals surface area contributed by atoms with Crippen LogP contribution in [0.25, 0.3) is 17.2 Å². The van der Waals surface area contributed by atoms with Crippen LogP contribution in [0.15, 0.2) is 72.3 Å². The monoisotopic (exact) mass is 448 g/mol. The Kier molecular flexibility index (Phi) is 6.42. The molecule has 1 aliphatic rings. The highest BCUT2D eigenvalue weighted by atomic mass is 35.5. The molecular weight excluding hydrogens is 427 g/mol. The van der Waals surface area contributed by atoms with Gasteiger partial charge in [-0.05, 0) is 88.4 Å². The number of aliphatic carboxylic acids is 1. The molecule has 0 amide bonds. The van der Waals surface area contributed by atoms with Gasteiger partial charge in [-0.2, -0.15) is 0 Å². The van der Waals surface area contributed by atoms with Crippen LogP contribution in [0, 0.1) is 5.82 Å². The third-order valence-corrected chi connectivity index (χ3v) is 5.80. The van der Waals surface area contributed by atoms with Crippen molar-refractivity contribution in [2.75, 3.05) is 6.61 Å². The number of hydrogen-bond donors (Lipinski definition) is 1. The highest BCUT2D eigenvalue weighted by Crippen LogP contribution is 2.43. The molecule has 0 radical (unpaired) electrons. The van der Waals surface area contributed by atoms with Crippen LogP contribution in [0.2, 0.25) is 5.02 Å². The molecule has 1 N–H and O–H groups in total. The predicted molar refractivity (Wildman–Crippen MR) is 126 cm³/mol. The zero-order valence-electron chi connectivity index (χ0n) is 17.6. The quantitative estimate of drug-likeness (QED) is 0.427. The molecule has 3 aromatic carbocycles. The third kappa shape index (κ3) is 4.92. The molecule has 0 aromatic heterocycles. The molecule has 3 nitrogen and oxygen atoms in total. The summed E-state index contributed by atoms with van der Waals surface area (Å²) in [5.41, 5.74) is 6.12. The standard InChI is InChI=1S/C27H22ClFO3/c1-17-24(23-11-8-21(29)15-26(23)25(17)16-27(30)31)14-19-4-2-18(3-5-19)12-13-32-22-9-6-20(28)7-10-22/h2-11,14-15H,12-13,16H2,1H3,(H,30,31)/b24-14-. The summed E-state index contributed by atoms with van der Waals surface area (Å²) in [7, 11) is 0. The molecule has 4 rings (SSSR count). The lowest BCUT2D eigenvalue weighted by molar-refractivity contribution is -0.135. The molecule has 5 heteroatoms. The Bertz CT molecular complexity index is 1210. The van der Waals surface area contributed by atoms with Crippen molar-refractivity contribution in [2.45, 2.75) is 19.8 Å². The Labute approximate surface area is 191 Å². The van der Waals surface area contributed by atoms with Gasteiger partial charge in [0.25, 0.3) is 0 Å². The molecule has 0 atom stereocenters. The van der Waals surface area contributed by atoms with Gasteiger partial charge >= 0.3 is 5.97 Å². The Balaban J connectivity index is 1.50. The van der Waals surface area contributed by atoms with Gasteiger partial charge in [0.05, 0.1) is 13.0 Å². The van der Waals surface area contributed by atoms with Crippen molar-refractivity contribution < 1.29 is 19.0 Å². The lowest BCUT2D eigenvalue weighted by Crippen LogP contribution is -2.01. The van der Waals surface area contributed by atoms with Gasteiger partial charge in [0.15, 0.2) is 0 Å². The van der Waals surface area contributed by atoms with Gasteiger partial charge in [-0.15, -0.1) is 0 Å². The van der Waals surface area contributed by atoms with Gasteiger partial charge in [0.1, 0.15) is 11.6 Å². The van der Waals surface area contributed by atoms with Gasteiger partial charge in [0, 0.05) is 11.4 Å². The van der Waals surface area contributed by atoms with E-state index in [1.807, 2.05) is 37.3 Å². The molecule has 0 unspecified atom stereocenters. The predicted octanol–water partition coefficient (Wildman–Crippen LogP) is 6.90. The van der Waals surface area contributed by atoms with Crippen LogP contribution in [-0.2, 0) is 11.2 Å². The van der Waals surface area contributed by atoms with Crippen molar-refractivity contribution in [3.63, 3.8) is 0 Å². The molecular formula is C27H22ClFO3. The second-order valence-corrected chi connectivity index (χ2v) is 8.15. The molecule has 32 heavy (non-hydrogen) atoms. The molecule has 0 bridgehead atoms. The average Bonchev–Trinajstić information content (AvgIpc) is 3.01. The fourth-order valence-corrected chi connectivity index (χ4v) is 4.02. The number of halogens is 2. The van der Waals surface area contributed by atoms with E-state index in [9.17, 15) is 14.3 Å². The lowest BCUT2D eigenvalue weighted by Gasteiger charge is -2.07. The van der Waals surface area contributed by atoms with E-state index in [0.717, 1.165) is 40.0 Å². The number of benzene rings is 3. The van der Waals surface area contributed by atoms with Crippen molar-refractivity contribution >= 4 is 34.8 Å². The van der Waals surface area contributed by atoms with E-state index in [1.165, 1.54) is 12.1 Å². The lowest BCUT2D eigenvalue weighted by atomic mass is 10.00. The first-order chi connectivity index (χ1) is 15.4.